The van der Waals surface area contributed by atoms with Crippen LogP contribution in [-0.2, 0) is 4.79 Å². The van der Waals surface area contributed by atoms with Gasteiger partial charge >= 0.3 is 6.03 Å². The summed E-state index contributed by atoms with van der Waals surface area (Å²) >= 11 is 0. The molecule has 0 radical (unpaired) electrons. The first-order valence-corrected chi connectivity index (χ1v) is 5.14. The number of hydrogen-bond acceptors (Lipinski definition) is 3. The van der Waals surface area contributed by atoms with Crippen LogP contribution in [0.5, 0.6) is 0 Å². The minimum atomic E-state index is -0.847. The third kappa shape index (κ3) is 4.12. The number of aliphatic hydroxyl groups excluding tert-OH is 1. The van der Waals surface area contributed by atoms with Crippen LogP contribution in [0.4, 0.5) is 4.79 Å². The Morgan fingerprint density at radius 1 is 1.29 bits per heavy atom. The molecule has 3 amide bonds. The van der Waals surface area contributed by atoms with Crippen LogP contribution in [0.2, 0.25) is 0 Å². The average molecular weight is 237 g/mol. The Labute approximate surface area is 98.8 Å². The molecule has 92 valence electrons. The first-order chi connectivity index (χ1) is 8.15. The second kappa shape index (κ2) is 6.49. The van der Waals surface area contributed by atoms with Gasteiger partial charge in [0.1, 0.15) is 6.04 Å². The summed E-state index contributed by atoms with van der Waals surface area (Å²) in [5.41, 5.74) is 5.64. The predicted octanol–water partition coefficient (Wildman–Crippen LogP) is -0.495. The molecule has 1 aromatic carbocycles. The summed E-state index contributed by atoms with van der Waals surface area (Å²) in [5, 5.41) is 13.4. The fourth-order valence-electron chi connectivity index (χ4n) is 1.37. The number of rotatable bonds is 5. The van der Waals surface area contributed by atoms with Crippen molar-refractivity contribution >= 4 is 11.9 Å². The number of benzene rings is 1. The van der Waals surface area contributed by atoms with Gasteiger partial charge in [0.2, 0.25) is 5.91 Å². The van der Waals surface area contributed by atoms with E-state index < -0.39 is 18.0 Å². The molecule has 1 rings (SSSR count). The van der Waals surface area contributed by atoms with Gasteiger partial charge in [0, 0.05) is 6.54 Å². The second-order valence-electron chi connectivity index (χ2n) is 3.37. The lowest BCUT2D eigenvalue weighted by molar-refractivity contribution is -0.123. The molecule has 6 nitrogen and oxygen atoms in total. The predicted molar refractivity (Wildman–Crippen MR) is 62.0 cm³/mol. The van der Waals surface area contributed by atoms with Crippen LogP contribution in [0.25, 0.3) is 0 Å². The molecule has 1 aromatic rings. The summed E-state index contributed by atoms with van der Waals surface area (Å²) in [6.45, 7) is -0.0353. The molecule has 5 N–H and O–H groups in total. The molecule has 0 heterocycles. The van der Waals surface area contributed by atoms with Gasteiger partial charge in [-0.1, -0.05) is 30.3 Å². The van der Waals surface area contributed by atoms with Gasteiger partial charge < -0.3 is 21.5 Å². The van der Waals surface area contributed by atoms with Crippen molar-refractivity contribution in [3.8, 4) is 0 Å². The standard InChI is InChI=1S/C11H15N3O3/c12-11(17)14-9(10(16)13-6-7-15)8-4-2-1-3-5-8/h1-5,9,15H,6-7H2,(H,13,16)(H3,12,14,17). The maximum Gasteiger partial charge on any atom is 0.313 e. The molecule has 0 aliphatic carbocycles. The van der Waals surface area contributed by atoms with Crippen LogP contribution < -0.4 is 16.4 Å². The molecule has 1 atom stereocenters. The van der Waals surface area contributed by atoms with Gasteiger partial charge in [-0.25, -0.2) is 4.79 Å². The van der Waals surface area contributed by atoms with E-state index in [2.05, 4.69) is 10.6 Å². The SMILES string of the molecule is NC(=O)NC(C(=O)NCCO)c1ccccc1. The van der Waals surface area contributed by atoms with E-state index in [0.717, 1.165) is 0 Å². The highest BCUT2D eigenvalue weighted by Crippen LogP contribution is 2.12. The van der Waals surface area contributed by atoms with Gasteiger partial charge in [-0.15, -0.1) is 0 Å². The third-order valence-corrected chi connectivity index (χ3v) is 2.09. The summed E-state index contributed by atoms with van der Waals surface area (Å²) in [4.78, 5) is 22.6. The fraction of sp³-hybridized carbons (Fsp3) is 0.273. The molecule has 0 aromatic heterocycles. The summed E-state index contributed by atoms with van der Waals surface area (Å²) in [7, 11) is 0. The quantitative estimate of drug-likeness (QED) is 0.555. The largest absolute Gasteiger partial charge is 0.395 e. The van der Waals surface area contributed by atoms with Crippen molar-refractivity contribution in [2.45, 2.75) is 6.04 Å². The third-order valence-electron chi connectivity index (χ3n) is 2.09. The van der Waals surface area contributed by atoms with Gasteiger partial charge in [0.05, 0.1) is 6.61 Å². The highest BCUT2D eigenvalue weighted by atomic mass is 16.3. The first-order valence-electron chi connectivity index (χ1n) is 5.14. The maximum atomic E-state index is 11.7. The van der Waals surface area contributed by atoms with E-state index >= 15 is 0 Å². The Morgan fingerprint density at radius 2 is 1.94 bits per heavy atom. The van der Waals surface area contributed by atoms with E-state index in [1.807, 2.05) is 0 Å². The number of amides is 3. The molecule has 0 bridgehead atoms. The summed E-state index contributed by atoms with van der Waals surface area (Å²) in [5.74, 6) is -0.413. The van der Waals surface area contributed by atoms with Gasteiger partial charge in [-0.3, -0.25) is 4.79 Å². The average Bonchev–Trinajstić information content (AvgIpc) is 2.34. The number of nitrogens with one attached hydrogen (secondary N) is 2. The van der Waals surface area contributed by atoms with Gasteiger partial charge in [0.25, 0.3) is 0 Å². The topological polar surface area (TPSA) is 104 Å². The van der Waals surface area contributed by atoms with Gasteiger partial charge in [-0.2, -0.15) is 0 Å². The normalized spacial score (nSPS) is 11.6. The molecule has 0 aliphatic rings. The van der Waals surface area contributed by atoms with E-state index in [1.54, 1.807) is 30.3 Å². The van der Waals surface area contributed by atoms with Gasteiger partial charge in [0.15, 0.2) is 0 Å². The molecule has 0 fully saturated rings. The number of urea groups is 1. The molecule has 0 saturated heterocycles. The van der Waals surface area contributed by atoms with Crippen molar-refractivity contribution in [1.82, 2.24) is 10.6 Å². The van der Waals surface area contributed by atoms with Crippen LogP contribution in [0.3, 0.4) is 0 Å². The smallest absolute Gasteiger partial charge is 0.313 e. The van der Waals surface area contributed by atoms with Crippen molar-refractivity contribution in [3.05, 3.63) is 35.9 Å². The number of carbonyl (C=O) groups excluding carboxylic acids is 2. The van der Waals surface area contributed by atoms with E-state index in [1.165, 1.54) is 0 Å². The lowest BCUT2D eigenvalue weighted by Gasteiger charge is -2.17. The molecular formula is C11H15N3O3. The molecule has 0 spiro atoms. The highest BCUT2D eigenvalue weighted by molar-refractivity contribution is 5.87. The van der Waals surface area contributed by atoms with Crippen LogP contribution in [0.1, 0.15) is 11.6 Å². The van der Waals surface area contributed by atoms with Crippen molar-refractivity contribution in [1.29, 1.82) is 0 Å². The zero-order valence-electron chi connectivity index (χ0n) is 9.22. The zero-order valence-corrected chi connectivity index (χ0v) is 9.22. The van der Waals surface area contributed by atoms with Gasteiger partial charge in [-0.05, 0) is 5.56 Å². The lowest BCUT2D eigenvalue weighted by atomic mass is 10.1. The molecule has 1 unspecified atom stereocenters. The van der Waals surface area contributed by atoms with Crippen molar-refractivity contribution < 1.29 is 14.7 Å². The number of nitrogens with two attached hydrogens (primary N) is 1. The van der Waals surface area contributed by atoms with Crippen LogP contribution in [-0.4, -0.2) is 30.2 Å². The van der Waals surface area contributed by atoms with Crippen LogP contribution >= 0.6 is 0 Å². The Kier molecular flexibility index (Phi) is 4.96. The number of aliphatic hydroxyl groups is 1. The number of hydrogen-bond donors (Lipinski definition) is 4. The van der Waals surface area contributed by atoms with Crippen LogP contribution in [0, 0.1) is 0 Å². The molecule has 0 aliphatic heterocycles. The first kappa shape index (κ1) is 13.0. The molecule has 6 heteroatoms. The minimum absolute atomic E-state index is 0.128. The Hall–Kier alpha value is -2.08. The minimum Gasteiger partial charge on any atom is -0.395 e. The van der Waals surface area contributed by atoms with E-state index in [-0.39, 0.29) is 13.2 Å². The van der Waals surface area contributed by atoms with Crippen molar-refractivity contribution in [2.75, 3.05) is 13.2 Å². The molecule has 17 heavy (non-hydrogen) atoms. The Bertz CT molecular complexity index is 381. The summed E-state index contributed by atoms with van der Waals surface area (Å²) in [6, 6.07) is 7.10. The summed E-state index contributed by atoms with van der Waals surface area (Å²) in [6.07, 6.45) is 0. The number of carbonyl (C=O) groups is 2. The van der Waals surface area contributed by atoms with E-state index in [4.69, 9.17) is 10.8 Å². The van der Waals surface area contributed by atoms with Crippen molar-refractivity contribution in [3.63, 3.8) is 0 Å². The van der Waals surface area contributed by atoms with Crippen LogP contribution in [0.15, 0.2) is 30.3 Å². The number of primary amides is 1. The second-order valence-corrected chi connectivity index (χ2v) is 3.37. The maximum absolute atomic E-state index is 11.7. The van der Waals surface area contributed by atoms with E-state index in [9.17, 15) is 9.59 Å². The Balaban J connectivity index is 2.80. The lowest BCUT2D eigenvalue weighted by Crippen LogP contribution is -2.43. The van der Waals surface area contributed by atoms with E-state index in [0.29, 0.717) is 5.56 Å². The van der Waals surface area contributed by atoms with Crippen molar-refractivity contribution in [2.24, 2.45) is 5.73 Å². The Morgan fingerprint density at radius 3 is 2.47 bits per heavy atom. The fourth-order valence-corrected chi connectivity index (χ4v) is 1.37. The monoisotopic (exact) mass is 237 g/mol. The zero-order chi connectivity index (χ0) is 12.7. The molecular weight excluding hydrogens is 222 g/mol. The molecule has 0 saturated carbocycles. The highest BCUT2D eigenvalue weighted by Gasteiger charge is 2.20. The summed E-state index contributed by atoms with van der Waals surface area (Å²) < 4.78 is 0.